The molecule has 2 N–H and O–H groups in total. The van der Waals surface area contributed by atoms with Gasteiger partial charge in [-0.05, 0) is 62.6 Å². The molecule has 1 aliphatic rings. The first-order chi connectivity index (χ1) is 12.5. The molecule has 0 aromatic heterocycles. The summed E-state index contributed by atoms with van der Waals surface area (Å²) in [4.78, 5) is 26.1. The van der Waals surface area contributed by atoms with Crippen LogP contribution >= 0.6 is 0 Å². The molecule has 5 nitrogen and oxygen atoms in total. The molecule has 2 aromatic rings. The zero-order valence-electron chi connectivity index (χ0n) is 15.5. The highest BCUT2D eigenvalue weighted by Gasteiger charge is 2.21. The monoisotopic (exact) mass is 351 g/mol. The minimum absolute atomic E-state index is 0.0822. The Kier molecular flexibility index (Phi) is 5.26. The Morgan fingerprint density at radius 2 is 1.73 bits per heavy atom. The van der Waals surface area contributed by atoms with Gasteiger partial charge in [-0.1, -0.05) is 18.2 Å². The molecule has 1 saturated heterocycles. The number of para-hydroxylation sites is 1. The summed E-state index contributed by atoms with van der Waals surface area (Å²) in [7, 11) is 0. The second-order valence-electron chi connectivity index (χ2n) is 6.82. The van der Waals surface area contributed by atoms with Gasteiger partial charge in [-0.15, -0.1) is 0 Å². The van der Waals surface area contributed by atoms with Crippen LogP contribution in [0.15, 0.2) is 42.5 Å². The Bertz CT molecular complexity index is 794. The van der Waals surface area contributed by atoms with Gasteiger partial charge in [0.05, 0.1) is 0 Å². The molecule has 2 aromatic carbocycles. The molecule has 0 saturated carbocycles. The third kappa shape index (κ3) is 3.87. The number of carbonyl (C=O) groups is 2. The maximum Gasteiger partial charge on any atom is 0.246 e. The van der Waals surface area contributed by atoms with Gasteiger partial charge >= 0.3 is 0 Å². The van der Waals surface area contributed by atoms with Crippen LogP contribution in [0, 0.1) is 13.8 Å². The maximum absolute atomic E-state index is 12.5. The number of amides is 2. The van der Waals surface area contributed by atoms with Crippen molar-refractivity contribution in [2.24, 2.45) is 0 Å². The number of hydrogen-bond acceptors (Lipinski definition) is 3. The molecule has 0 unspecified atom stereocenters. The zero-order valence-corrected chi connectivity index (χ0v) is 15.5. The predicted molar refractivity (Wildman–Crippen MR) is 106 cm³/mol. The molecule has 0 aliphatic carbocycles. The summed E-state index contributed by atoms with van der Waals surface area (Å²) in [5.41, 5.74) is 4.72. The van der Waals surface area contributed by atoms with E-state index in [0.717, 1.165) is 41.2 Å². The van der Waals surface area contributed by atoms with Gasteiger partial charge in [-0.25, -0.2) is 0 Å². The van der Waals surface area contributed by atoms with Crippen LogP contribution in [0.2, 0.25) is 0 Å². The third-order valence-electron chi connectivity index (χ3n) is 4.76. The summed E-state index contributed by atoms with van der Waals surface area (Å²) < 4.78 is 0. The molecule has 1 aliphatic heterocycles. The quantitative estimate of drug-likeness (QED) is 0.860. The van der Waals surface area contributed by atoms with Gasteiger partial charge in [-0.2, -0.15) is 0 Å². The summed E-state index contributed by atoms with van der Waals surface area (Å²) in [6.07, 6.45) is 1.53. The molecule has 5 heteroatoms. The summed E-state index contributed by atoms with van der Waals surface area (Å²) in [6.45, 7) is 6.58. The Hall–Kier alpha value is -2.82. The molecule has 26 heavy (non-hydrogen) atoms. The topological polar surface area (TPSA) is 61.4 Å². The van der Waals surface area contributed by atoms with Crippen molar-refractivity contribution in [2.45, 2.75) is 39.7 Å². The van der Waals surface area contributed by atoms with Crippen molar-refractivity contribution in [1.82, 2.24) is 0 Å². The first kappa shape index (κ1) is 18.0. The lowest BCUT2D eigenvalue weighted by Gasteiger charge is -2.19. The Morgan fingerprint density at radius 3 is 2.31 bits per heavy atom. The molecule has 0 radical (unpaired) electrons. The minimum Gasteiger partial charge on any atom is -0.374 e. The number of hydrogen-bond donors (Lipinski definition) is 2. The van der Waals surface area contributed by atoms with E-state index >= 15 is 0 Å². The molecule has 0 bridgehead atoms. The number of aryl methyl sites for hydroxylation is 2. The zero-order chi connectivity index (χ0) is 18.7. The average Bonchev–Trinajstić information content (AvgIpc) is 3.05. The van der Waals surface area contributed by atoms with E-state index in [9.17, 15) is 9.59 Å². The van der Waals surface area contributed by atoms with E-state index in [1.807, 2.05) is 63.2 Å². The van der Waals surface area contributed by atoms with Gasteiger partial charge in [0, 0.05) is 30.0 Å². The highest BCUT2D eigenvalue weighted by atomic mass is 16.2. The number of carbonyl (C=O) groups excluding carboxylic acids is 2. The SMILES string of the molecule is Cc1cccc(C)c1NC(=O)[C@@H](C)Nc1ccc(N2CCCC2=O)cc1. The fourth-order valence-electron chi connectivity index (χ4n) is 3.22. The lowest BCUT2D eigenvalue weighted by Crippen LogP contribution is -2.32. The van der Waals surface area contributed by atoms with E-state index < -0.39 is 0 Å². The van der Waals surface area contributed by atoms with Gasteiger partial charge in [0.25, 0.3) is 0 Å². The molecule has 1 heterocycles. The Balaban J connectivity index is 1.63. The van der Waals surface area contributed by atoms with Crippen LogP contribution in [0.4, 0.5) is 17.1 Å². The van der Waals surface area contributed by atoms with E-state index in [0.29, 0.717) is 6.42 Å². The van der Waals surface area contributed by atoms with Gasteiger partial charge in [0.1, 0.15) is 6.04 Å². The number of rotatable bonds is 5. The summed E-state index contributed by atoms with van der Waals surface area (Å²) in [5, 5.41) is 6.22. The molecular weight excluding hydrogens is 326 g/mol. The van der Waals surface area contributed by atoms with E-state index in [1.165, 1.54) is 0 Å². The first-order valence-electron chi connectivity index (χ1n) is 9.00. The fourth-order valence-corrected chi connectivity index (χ4v) is 3.22. The van der Waals surface area contributed by atoms with Gasteiger partial charge in [0.15, 0.2) is 0 Å². The van der Waals surface area contributed by atoms with Gasteiger partial charge < -0.3 is 15.5 Å². The molecule has 1 fully saturated rings. The molecule has 2 amide bonds. The summed E-state index contributed by atoms with van der Waals surface area (Å²) >= 11 is 0. The second-order valence-corrected chi connectivity index (χ2v) is 6.82. The molecule has 1 atom stereocenters. The number of nitrogens with zero attached hydrogens (tertiary/aromatic N) is 1. The third-order valence-corrected chi connectivity index (χ3v) is 4.76. The van der Waals surface area contributed by atoms with E-state index in [2.05, 4.69) is 10.6 Å². The second kappa shape index (κ2) is 7.60. The molecule has 0 spiro atoms. The van der Waals surface area contributed by atoms with E-state index in [1.54, 1.807) is 4.90 Å². The maximum atomic E-state index is 12.5. The summed E-state index contributed by atoms with van der Waals surface area (Å²) in [5.74, 6) is 0.0910. The van der Waals surface area contributed by atoms with Crippen LogP contribution in [0.5, 0.6) is 0 Å². The van der Waals surface area contributed by atoms with Crippen LogP contribution in [-0.2, 0) is 9.59 Å². The van der Waals surface area contributed by atoms with Crippen molar-refractivity contribution >= 4 is 28.9 Å². The van der Waals surface area contributed by atoms with Gasteiger partial charge in [-0.3, -0.25) is 9.59 Å². The lowest BCUT2D eigenvalue weighted by atomic mass is 10.1. The van der Waals surface area contributed by atoms with Crippen molar-refractivity contribution in [2.75, 3.05) is 22.1 Å². The predicted octanol–water partition coefficient (Wildman–Crippen LogP) is 3.87. The van der Waals surface area contributed by atoms with Gasteiger partial charge in [0.2, 0.25) is 11.8 Å². The number of nitrogens with one attached hydrogen (secondary N) is 2. The Labute approximate surface area is 154 Å². The van der Waals surface area contributed by atoms with Crippen molar-refractivity contribution in [3.05, 3.63) is 53.6 Å². The Morgan fingerprint density at radius 1 is 1.08 bits per heavy atom. The van der Waals surface area contributed by atoms with Crippen molar-refractivity contribution in [3.8, 4) is 0 Å². The van der Waals surface area contributed by atoms with E-state index in [-0.39, 0.29) is 17.9 Å². The molecule has 3 rings (SSSR count). The number of anilines is 3. The first-order valence-corrected chi connectivity index (χ1v) is 9.00. The minimum atomic E-state index is -0.381. The highest BCUT2D eigenvalue weighted by molar-refractivity contribution is 5.98. The average molecular weight is 351 g/mol. The highest BCUT2D eigenvalue weighted by Crippen LogP contribution is 2.24. The normalized spacial score (nSPS) is 15.0. The van der Waals surface area contributed by atoms with Crippen molar-refractivity contribution in [3.63, 3.8) is 0 Å². The smallest absolute Gasteiger partial charge is 0.246 e. The van der Waals surface area contributed by atoms with Crippen LogP contribution in [0.25, 0.3) is 0 Å². The van der Waals surface area contributed by atoms with Crippen LogP contribution in [0.1, 0.15) is 30.9 Å². The standard InChI is InChI=1S/C21H25N3O2/c1-14-6-4-7-15(2)20(14)23-21(26)16(3)22-17-9-11-18(12-10-17)24-13-5-8-19(24)25/h4,6-7,9-12,16,22H,5,8,13H2,1-3H3,(H,23,26)/t16-/m1/s1. The van der Waals surface area contributed by atoms with Crippen LogP contribution in [-0.4, -0.2) is 24.4 Å². The van der Waals surface area contributed by atoms with Crippen LogP contribution in [0.3, 0.4) is 0 Å². The fraction of sp³-hybridized carbons (Fsp3) is 0.333. The molecule has 136 valence electrons. The van der Waals surface area contributed by atoms with Crippen molar-refractivity contribution in [1.29, 1.82) is 0 Å². The molecular formula is C21H25N3O2. The largest absolute Gasteiger partial charge is 0.374 e. The number of benzene rings is 2. The summed E-state index contributed by atoms with van der Waals surface area (Å²) in [6, 6.07) is 13.2. The van der Waals surface area contributed by atoms with Crippen LogP contribution < -0.4 is 15.5 Å². The lowest BCUT2D eigenvalue weighted by molar-refractivity contribution is -0.117. The van der Waals surface area contributed by atoms with Crippen molar-refractivity contribution < 1.29 is 9.59 Å². The van der Waals surface area contributed by atoms with E-state index in [4.69, 9.17) is 0 Å².